The molecular weight excluding hydrogens is 222 g/mol. The summed E-state index contributed by atoms with van der Waals surface area (Å²) in [5.74, 6) is 0.377. The molecule has 0 bridgehead atoms. The van der Waals surface area contributed by atoms with Crippen molar-refractivity contribution in [2.24, 2.45) is 0 Å². The number of unbranched alkanes of at least 4 members (excludes halogenated alkanes) is 7. The van der Waals surface area contributed by atoms with Crippen LogP contribution >= 0.6 is 0 Å². The van der Waals surface area contributed by atoms with E-state index < -0.39 is 0 Å². The Morgan fingerprint density at radius 1 is 1.00 bits per heavy atom. The predicted molar refractivity (Wildman–Crippen MR) is 77.6 cm³/mol. The molecule has 0 radical (unpaired) electrons. The zero-order valence-corrected chi connectivity index (χ0v) is 12.4. The Morgan fingerprint density at radius 3 is 2.22 bits per heavy atom. The van der Waals surface area contributed by atoms with Crippen LogP contribution in [0.1, 0.15) is 84.5 Å². The molecule has 106 valence electrons. The van der Waals surface area contributed by atoms with Gasteiger partial charge in [-0.05, 0) is 19.8 Å². The van der Waals surface area contributed by atoms with Crippen molar-refractivity contribution in [1.82, 2.24) is 4.90 Å². The van der Waals surface area contributed by atoms with Crippen molar-refractivity contribution in [3.63, 3.8) is 0 Å². The van der Waals surface area contributed by atoms with Crippen LogP contribution in [0, 0.1) is 0 Å². The van der Waals surface area contributed by atoms with Crippen LogP contribution in [0.5, 0.6) is 0 Å². The molecule has 1 amide bonds. The monoisotopic (exact) mass is 253 g/mol. The van der Waals surface area contributed by atoms with Crippen LogP contribution in [-0.2, 0) is 4.79 Å². The predicted octanol–water partition coefficient (Wildman–Crippen LogP) is 4.53. The van der Waals surface area contributed by atoms with E-state index in [2.05, 4.69) is 18.7 Å². The van der Waals surface area contributed by atoms with Crippen LogP contribution in [0.3, 0.4) is 0 Å². The van der Waals surface area contributed by atoms with Gasteiger partial charge in [0.05, 0.1) is 0 Å². The summed E-state index contributed by atoms with van der Waals surface area (Å²) in [5, 5.41) is 0. The summed E-state index contributed by atoms with van der Waals surface area (Å²) in [5.41, 5.74) is 0. The first-order valence-corrected chi connectivity index (χ1v) is 8.09. The Kier molecular flexibility index (Phi) is 8.11. The number of hydrogen-bond donors (Lipinski definition) is 0. The van der Waals surface area contributed by atoms with Gasteiger partial charge >= 0.3 is 0 Å². The van der Waals surface area contributed by atoms with Crippen molar-refractivity contribution < 1.29 is 4.79 Å². The van der Waals surface area contributed by atoms with Crippen LogP contribution in [0.4, 0.5) is 0 Å². The third-order valence-electron chi connectivity index (χ3n) is 4.18. The maximum atomic E-state index is 11.6. The van der Waals surface area contributed by atoms with E-state index >= 15 is 0 Å². The Labute approximate surface area is 113 Å². The number of nitrogens with zero attached hydrogens (tertiary/aromatic N) is 1. The first-order valence-electron chi connectivity index (χ1n) is 8.09. The maximum Gasteiger partial charge on any atom is 0.222 e. The van der Waals surface area contributed by atoms with E-state index in [9.17, 15) is 4.79 Å². The molecule has 1 heterocycles. The van der Waals surface area contributed by atoms with E-state index in [1.807, 2.05) is 0 Å². The second kappa shape index (κ2) is 9.41. The van der Waals surface area contributed by atoms with Crippen molar-refractivity contribution in [2.45, 2.75) is 90.5 Å². The lowest BCUT2D eigenvalue weighted by Gasteiger charge is -2.23. The van der Waals surface area contributed by atoms with E-state index in [4.69, 9.17) is 0 Å². The molecule has 0 aliphatic carbocycles. The van der Waals surface area contributed by atoms with Gasteiger partial charge in [0.1, 0.15) is 0 Å². The highest BCUT2D eigenvalue weighted by Crippen LogP contribution is 2.23. The van der Waals surface area contributed by atoms with Crippen molar-refractivity contribution in [3.05, 3.63) is 0 Å². The molecule has 0 aromatic heterocycles. The Hall–Kier alpha value is -0.530. The number of likely N-dealkylation sites (tertiary alicyclic amines) is 1. The normalized spacial score (nSPS) is 19.8. The van der Waals surface area contributed by atoms with Gasteiger partial charge in [0.25, 0.3) is 0 Å². The molecule has 0 aromatic rings. The molecular formula is C16H31NO. The highest BCUT2D eigenvalue weighted by molar-refractivity contribution is 5.78. The molecule has 2 nitrogen and oxygen atoms in total. The van der Waals surface area contributed by atoms with Gasteiger partial charge in [-0.3, -0.25) is 4.79 Å². The molecule has 1 atom stereocenters. The van der Waals surface area contributed by atoms with Crippen molar-refractivity contribution in [3.8, 4) is 0 Å². The van der Waals surface area contributed by atoms with Gasteiger partial charge in [0.15, 0.2) is 0 Å². The van der Waals surface area contributed by atoms with Gasteiger partial charge < -0.3 is 4.90 Å². The smallest absolute Gasteiger partial charge is 0.222 e. The van der Waals surface area contributed by atoms with E-state index in [-0.39, 0.29) is 0 Å². The minimum Gasteiger partial charge on any atom is -0.340 e. The number of carbonyl (C=O) groups excluding carboxylic acids is 1. The first-order chi connectivity index (χ1) is 8.79. The van der Waals surface area contributed by atoms with Gasteiger partial charge in [-0.25, -0.2) is 0 Å². The second-order valence-corrected chi connectivity index (χ2v) is 5.64. The van der Waals surface area contributed by atoms with Gasteiger partial charge in [0.2, 0.25) is 5.91 Å². The Balaban J connectivity index is 1.96. The maximum absolute atomic E-state index is 11.6. The van der Waals surface area contributed by atoms with E-state index in [0.29, 0.717) is 11.9 Å². The van der Waals surface area contributed by atoms with Crippen LogP contribution in [0.25, 0.3) is 0 Å². The van der Waals surface area contributed by atoms with E-state index in [1.165, 1.54) is 57.8 Å². The number of rotatable bonds is 10. The summed E-state index contributed by atoms with van der Waals surface area (Å²) in [6.07, 6.45) is 14.1. The van der Waals surface area contributed by atoms with E-state index in [0.717, 1.165) is 19.4 Å². The van der Waals surface area contributed by atoms with Crippen molar-refractivity contribution >= 4 is 5.91 Å². The molecule has 1 aliphatic heterocycles. The lowest BCUT2D eigenvalue weighted by atomic mass is 10.0. The molecule has 0 saturated carbocycles. The van der Waals surface area contributed by atoms with Crippen molar-refractivity contribution in [2.75, 3.05) is 6.54 Å². The van der Waals surface area contributed by atoms with Gasteiger partial charge in [0, 0.05) is 19.0 Å². The van der Waals surface area contributed by atoms with Crippen LogP contribution < -0.4 is 0 Å². The fourth-order valence-corrected chi connectivity index (χ4v) is 3.04. The van der Waals surface area contributed by atoms with Crippen molar-refractivity contribution in [1.29, 1.82) is 0 Å². The summed E-state index contributed by atoms with van der Waals surface area (Å²) in [6, 6.07) is 0.558. The third-order valence-corrected chi connectivity index (χ3v) is 4.18. The summed E-state index contributed by atoms with van der Waals surface area (Å²) in [6.45, 7) is 5.27. The van der Waals surface area contributed by atoms with Crippen LogP contribution in [-0.4, -0.2) is 23.4 Å². The summed E-state index contributed by atoms with van der Waals surface area (Å²) >= 11 is 0. The topological polar surface area (TPSA) is 20.3 Å². The fourth-order valence-electron chi connectivity index (χ4n) is 3.04. The zero-order chi connectivity index (χ0) is 13.2. The molecule has 0 N–H and O–H groups in total. The minimum absolute atomic E-state index is 0.377. The summed E-state index contributed by atoms with van der Waals surface area (Å²) in [7, 11) is 0. The van der Waals surface area contributed by atoms with E-state index in [1.54, 1.807) is 0 Å². The second-order valence-electron chi connectivity index (χ2n) is 5.64. The van der Waals surface area contributed by atoms with Gasteiger partial charge in [-0.1, -0.05) is 58.3 Å². The van der Waals surface area contributed by atoms with Crippen LogP contribution in [0.15, 0.2) is 0 Å². The van der Waals surface area contributed by atoms with Gasteiger partial charge in [-0.2, -0.15) is 0 Å². The Morgan fingerprint density at radius 2 is 1.61 bits per heavy atom. The largest absolute Gasteiger partial charge is 0.340 e. The fraction of sp³-hybridized carbons (Fsp3) is 0.938. The summed E-state index contributed by atoms with van der Waals surface area (Å²) in [4.78, 5) is 13.7. The summed E-state index contributed by atoms with van der Waals surface area (Å²) < 4.78 is 0. The molecule has 1 fully saturated rings. The quantitative estimate of drug-likeness (QED) is 0.524. The molecule has 2 heteroatoms. The van der Waals surface area contributed by atoms with Gasteiger partial charge in [-0.15, -0.1) is 0 Å². The zero-order valence-electron chi connectivity index (χ0n) is 12.4. The molecule has 0 spiro atoms. The molecule has 1 unspecified atom stereocenters. The molecule has 1 saturated heterocycles. The van der Waals surface area contributed by atoms with Crippen LogP contribution in [0.2, 0.25) is 0 Å². The SMILES string of the molecule is CCCCCCCCCCC1CCC(=O)N1CC. The number of hydrogen-bond acceptors (Lipinski definition) is 1. The highest BCUT2D eigenvalue weighted by atomic mass is 16.2. The molecule has 1 aliphatic rings. The lowest BCUT2D eigenvalue weighted by Crippen LogP contribution is -2.32. The molecule has 1 rings (SSSR count). The average Bonchev–Trinajstić information content (AvgIpc) is 2.73. The standard InChI is InChI=1S/C16H31NO/c1-3-5-6-7-8-9-10-11-12-15-13-14-16(18)17(15)4-2/h15H,3-14H2,1-2H3. The Bertz CT molecular complexity index is 227. The minimum atomic E-state index is 0.377. The highest BCUT2D eigenvalue weighted by Gasteiger charge is 2.28. The molecule has 0 aromatic carbocycles. The third kappa shape index (κ3) is 5.41. The first kappa shape index (κ1) is 15.5. The lowest BCUT2D eigenvalue weighted by molar-refractivity contribution is -0.128. The number of carbonyl (C=O) groups is 1. The number of amides is 1. The average molecular weight is 253 g/mol. The molecule has 18 heavy (non-hydrogen) atoms.